The number of hydrogen-bond donors (Lipinski definition) is 1. The first-order valence-electron chi connectivity index (χ1n) is 18.5. The monoisotopic (exact) mass is 712 g/mol. The molecule has 52 heavy (non-hydrogen) atoms. The van der Waals surface area contributed by atoms with Crippen LogP contribution in [0, 0.1) is 0 Å². The van der Waals surface area contributed by atoms with Crippen molar-refractivity contribution in [3.63, 3.8) is 0 Å². The molecular formula is C49H46OP2. The van der Waals surface area contributed by atoms with Gasteiger partial charge in [-0.1, -0.05) is 191 Å². The van der Waals surface area contributed by atoms with Gasteiger partial charge in [0.25, 0.3) is 0 Å². The largest absolute Gasteiger partial charge is 0.392 e. The van der Waals surface area contributed by atoms with Crippen LogP contribution in [0.2, 0.25) is 0 Å². The molecule has 0 aliphatic heterocycles. The van der Waals surface area contributed by atoms with Crippen molar-refractivity contribution in [3.05, 3.63) is 192 Å². The predicted octanol–water partition coefficient (Wildman–Crippen LogP) is 9.72. The highest BCUT2D eigenvalue weighted by Crippen LogP contribution is 2.46. The van der Waals surface area contributed by atoms with Gasteiger partial charge in [-0.05, 0) is 111 Å². The summed E-state index contributed by atoms with van der Waals surface area (Å²) in [6, 6.07) is 62.2. The molecule has 0 fully saturated rings. The molecule has 0 aromatic heterocycles. The minimum Gasteiger partial charge on any atom is -0.392 e. The van der Waals surface area contributed by atoms with E-state index in [1.54, 1.807) is 0 Å². The number of aliphatic hydroxyl groups excluding tert-OH is 1. The Morgan fingerprint density at radius 3 is 0.923 bits per heavy atom. The summed E-state index contributed by atoms with van der Waals surface area (Å²) in [6.45, 7) is 6.85. The van der Waals surface area contributed by atoms with Crippen LogP contribution in [0.3, 0.4) is 0 Å². The summed E-state index contributed by atoms with van der Waals surface area (Å²) >= 11 is 0. The van der Waals surface area contributed by atoms with Gasteiger partial charge in [0.05, 0.1) is 6.61 Å². The zero-order chi connectivity index (χ0) is 35.9. The minimum absolute atomic E-state index is 0.0128. The first-order chi connectivity index (χ1) is 25.7. The Morgan fingerprint density at radius 1 is 0.346 bits per heavy atom. The molecule has 0 bridgehead atoms. The molecule has 0 atom stereocenters. The van der Waals surface area contributed by atoms with Crippen molar-refractivity contribution in [1.82, 2.24) is 0 Å². The molecule has 0 spiro atoms. The fourth-order valence-electron chi connectivity index (χ4n) is 7.87. The second-order valence-corrected chi connectivity index (χ2v) is 17.3. The van der Waals surface area contributed by atoms with Crippen molar-refractivity contribution in [3.8, 4) is 22.3 Å². The molecule has 0 heterocycles. The van der Waals surface area contributed by atoms with Crippen molar-refractivity contribution < 1.29 is 5.11 Å². The third-order valence-electron chi connectivity index (χ3n) is 10.0. The van der Waals surface area contributed by atoms with E-state index in [9.17, 15) is 5.11 Å². The fourth-order valence-corrected chi connectivity index (χ4v) is 12.8. The lowest BCUT2D eigenvalue weighted by Gasteiger charge is -2.30. The molecule has 0 saturated carbocycles. The Hall–Kier alpha value is -4.64. The van der Waals surface area contributed by atoms with Gasteiger partial charge in [0, 0.05) is 0 Å². The zero-order valence-electron chi connectivity index (χ0n) is 30.3. The van der Waals surface area contributed by atoms with Gasteiger partial charge in [0.2, 0.25) is 0 Å². The van der Waals surface area contributed by atoms with Crippen LogP contribution in [0.4, 0.5) is 0 Å². The Bertz CT molecular complexity index is 2000. The van der Waals surface area contributed by atoms with E-state index >= 15 is 0 Å². The Morgan fingerprint density at radius 2 is 0.635 bits per heavy atom. The second kappa shape index (κ2) is 16.8. The molecule has 0 amide bonds. The van der Waals surface area contributed by atoms with Gasteiger partial charge in [0.15, 0.2) is 0 Å². The van der Waals surface area contributed by atoms with E-state index in [4.69, 9.17) is 0 Å². The lowest BCUT2D eigenvalue weighted by Crippen LogP contribution is -2.24. The molecule has 0 radical (unpaired) electrons. The van der Waals surface area contributed by atoms with Gasteiger partial charge in [-0.25, -0.2) is 0 Å². The van der Waals surface area contributed by atoms with Crippen LogP contribution in [0.25, 0.3) is 22.3 Å². The lowest BCUT2D eigenvalue weighted by molar-refractivity contribution is 0.279. The number of aliphatic hydroxyl groups is 1. The lowest BCUT2D eigenvalue weighted by atomic mass is 9.79. The molecule has 7 aromatic rings. The number of benzene rings is 7. The summed E-state index contributed by atoms with van der Waals surface area (Å²) in [4.78, 5) is 0. The van der Waals surface area contributed by atoms with Gasteiger partial charge >= 0.3 is 0 Å². The van der Waals surface area contributed by atoms with E-state index in [0.717, 1.165) is 24.8 Å². The van der Waals surface area contributed by atoms with Crippen LogP contribution in [-0.2, 0) is 25.9 Å². The highest BCUT2D eigenvalue weighted by molar-refractivity contribution is 7.80. The SMILES string of the molecule is CCc1c(CO)c(CC)c(-c2ccccc2P(c2ccccc2)c2ccccc2)c(CC)c1-c1ccccc1P(c1ccccc1)c1ccccc1. The smallest absolute Gasteiger partial charge is 0.0687 e. The molecule has 258 valence electrons. The maximum Gasteiger partial charge on any atom is 0.0687 e. The van der Waals surface area contributed by atoms with Crippen molar-refractivity contribution in [1.29, 1.82) is 0 Å². The molecule has 0 unspecified atom stereocenters. The van der Waals surface area contributed by atoms with E-state index in [1.807, 2.05) is 0 Å². The predicted molar refractivity (Wildman–Crippen MR) is 229 cm³/mol. The Balaban J connectivity index is 1.57. The molecule has 1 N–H and O–H groups in total. The normalized spacial score (nSPS) is 11.3. The van der Waals surface area contributed by atoms with E-state index in [2.05, 4.69) is 191 Å². The highest BCUT2D eigenvalue weighted by atomic mass is 31.1. The Kier molecular flexibility index (Phi) is 11.5. The van der Waals surface area contributed by atoms with Crippen LogP contribution >= 0.6 is 15.8 Å². The average Bonchev–Trinajstić information content (AvgIpc) is 3.22. The quantitative estimate of drug-likeness (QED) is 0.125. The summed E-state index contributed by atoms with van der Waals surface area (Å²) in [7, 11) is -1.70. The molecule has 1 nitrogen and oxygen atoms in total. The highest BCUT2D eigenvalue weighted by Gasteiger charge is 2.29. The van der Waals surface area contributed by atoms with Gasteiger partial charge in [-0.2, -0.15) is 0 Å². The van der Waals surface area contributed by atoms with Crippen molar-refractivity contribution in [2.45, 2.75) is 46.6 Å². The molecular weight excluding hydrogens is 666 g/mol. The first kappa shape index (κ1) is 35.7. The standard InChI is InChI=1S/C49H46OP2/c1-4-40-45(35-50)41(5-2)49(44-32-20-22-34-47(44)52(38-27-15-9-16-28-38)39-29-17-10-18-30-39)42(6-3)48(40)43-31-19-21-33-46(43)51(36-23-11-7-12-24-36)37-25-13-8-14-26-37/h7-34,50H,4-6,35H2,1-3H3. The van der Waals surface area contributed by atoms with E-state index in [0.29, 0.717) is 0 Å². The number of rotatable bonds is 12. The summed E-state index contributed by atoms with van der Waals surface area (Å²) in [5.41, 5.74) is 10.2. The third-order valence-corrected chi connectivity index (χ3v) is 15.0. The van der Waals surface area contributed by atoms with Crippen LogP contribution in [0.5, 0.6) is 0 Å². The second-order valence-electron chi connectivity index (χ2n) is 12.9. The molecule has 0 saturated heterocycles. The molecule has 0 aliphatic rings. The summed E-state index contributed by atoms with van der Waals surface area (Å²) < 4.78 is 0. The van der Waals surface area contributed by atoms with E-state index in [1.165, 1.54) is 70.8 Å². The van der Waals surface area contributed by atoms with Crippen molar-refractivity contribution in [2.24, 2.45) is 0 Å². The third kappa shape index (κ3) is 6.95. The van der Waals surface area contributed by atoms with Crippen molar-refractivity contribution >= 4 is 47.7 Å². The van der Waals surface area contributed by atoms with Crippen LogP contribution in [0.1, 0.15) is 43.0 Å². The first-order valence-corrected chi connectivity index (χ1v) is 21.2. The molecule has 3 heteroatoms. The van der Waals surface area contributed by atoms with Gasteiger partial charge in [-0.15, -0.1) is 0 Å². The fraction of sp³-hybridized carbons (Fsp3) is 0.143. The summed E-state index contributed by atoms with van der Waals surface area (Å²) in [6.07, 6.45) is 2.57. The molecule has 7 aromatic carbocycles. The zero-order valence-corrected chi connectivity index (χ0v) is 32.1. The molecule has 0 aliphatic carbocycles. The summed E-state index contributed by atoms with van der Waals surface area (Å²) in [5.74, 6) is 0. The Labute approximate surface area is 312 Å². The molecule has 7 rings (SSSR count). The van der Waals surface area contributed by atoms with Crippen LogP contribution in [0.15, 0.2) is 170 Å². The minimum atomic E-state index is -0.851. The van der Waals surface area contributed by atoms with Crippen molar-refractivity contribution in [2.75, 3.05) is 0 Å². The average molecular weight is 713 g/mol. The van der Waals surface area contributed by atoms with E-state index in [-0.39, 0.29) is 6.61 Å². The number of hydrogen-bond acceptors (Lipinski definition) is 1. The maximum atomic E-state index is 11.3. The van der Waals surface area contributed by atoms with Crippen LogP contribution < -0.4 is 31.8 Å². The van der Waals surface area contributed by atoms with Crippen LogP contribution in [-0.4, -0.2) is 5.11 Å². The maximum absolute atomic E-state index is 11.3. The van der Waals surface area contributed by atoms with Gasteiger partial charge < -0.3 is 5.11 Å². The topological polar surface area (TPSA) is 20.2 Å². The summed E-state index contributed by atoms with van der Waals surface area (Å²) in [5, 5.41) is 19.4. The van der Waals surface area contributed by atoms with Gasteiger partial charge in [-0.3, -0.25) is 0 Å². The van der Waals surface area contributed by atoms with Gasteiger partial charge in [0.1, 0.15) is 0 Å². The van der Waals surface area contributed by atoms with E-state index < -0.39 is 15.8 Å².